The van der Waals surface area contributed by atoms with Gasteiger partial charge >= 0.3 is 18.0 Å². The van der Waals surface area contributed by atoms with Gasteiger partial charge in [0.15, 0.2) is 22.4 Å². The lowest BCUT2D eigenvalue weighted by Crippen LogP contribution is -2.53. The van der Waals surface area contributed by atoms with Crippen molar-refractivity contribution in [2.24, 2.45) is 4.99 Å². The number of anilines is 1. The number of aliphatic imine (C=N–C) groups is 1. The lowest BCUT2D eigenvalue weighted by Gasteiger charge is -2.38. The molecular formula is C35H29ClF2N6O6S. The van der Waals surface area contributed by atoms with Crippen LogP contribution in [-0.4, -0.2) is 89.6 Å². The number of rotatable bonds is 9. The summed E-state index contributed by atoms with van der Waals surface area (Å²) < 4.78 is 40.2. The molecule has 16 heteroatoms. The Kier molecular flexibility index (Phi) is 9.42. The maximum Gasteiger partial charge on any atom is 0.338 e. The maximum atomic E-state index is 14.8. The smallest absolute Gasteiger partial charge is 0.338 e. The molecule has 0 radical (unpaired) electrons. The normalized spacial score (nSPS) is 19.1. The molecule has 12 nitrogen and oxygen atoms in total. The first-order valence-corrected chi connectivity index (χ1v) is 17.0. The number of esters is 1. The number of carboxylic acids is 1. The summed E-state index contributed by atoms with van der Waals surface area (Å²) in [5.74, 6) is -3.39. The predicted molar refractivity (Wildman–Crippen MR) is 185 cm³/mol. The zero-order chi connectivity index (χ0) is 35.8. The van der Waals surface area contributed by atoms with Crippen LogP contribution in [0.5, 0.6) is 11.5 Å². The van der Waals surface area contributed by atoms with Gasteiger partial charge in [0.05, 0.1) is 30.0 Å². The lowest BCUT2D eigenvalue weighted by atomic mass is 9.95. The van der Waals surface area contributed by atoms with Crippen molar-refractivity contribution in [1.82, 2.24) is 20.1 Å². The summed E-state index contributed by atoms with van der Waals surface area (Å²) in [5.41, 5.74) is 1.46. The van der Waals surface area contributed by atoms with Crippen molar-refractivity contribution in [1.29, 1.82) is 0 Å². The summed E-state index contributed by atoms with van der Waals surface area (Å²) in [7, 11) is 1.31. The van der Waals surface area contributed by atoms with E-state index in [1.54, 1.807) is 23.2 Å². The largest absolute Gasteiger partial charge is 0.478 e. The molecule has 3 aliphatic rings. The van der Waals surface area contributed by atoms with Gasteiger partial charge in [0.25, 0.3) is 0 Å². The predicted octanol–water partition coefficient (Wildman–Crippen LogP) is 5.71. The van der Waals surface area contributed by atoms with Crippen molar-refractivity contribution in [3.05, 3.63) is 116 Å². The van der Waals surface area contributed by atoms with E-state index < -0.39 is 29.6 Å². The van der Waals surface area contributed by atoms with Gasteiger partial charge in [-0.3, -0.25) is 14.8 Å². The minimum Gasteiger partial charge on any atom is -0.478 e. The fraction of sp³-hybridized carbons (Fsp3) is 0.229. The van der Waals surface area contributed by atoms with Crippen LogP contribution >= 0.6 is 22.9 Å². The van der Waals surface area contributed by atoms with Gasteiger partial charge in [0.2, 0.25) is 0 Å². The van der Waals surface area contributed by atoms with Crippen molar-refractivity contribution in [3.63, 3.8) is 0 Å². The second kappa shape index (κ2) is 14.1. The third-order valence-electron chi connectivity index (χ3n) is 8.76. The Morgan fingerprint density at radius 3 is 2.65 bits per heavy atom. The molecule has 3 aliphatic heterocycles. The Morgan fingerprint density at radius 1 is 1.10 bits per heavy atom. The highest BCUT2D eigenvalue weighted by Crippen LogP contribution is 2.37. The van der Waals surface area contributed by atoms with E-state index in [9.17, 15) is 23.2 Å². The molecule has 3 aromatic carbocycles. The third kappa shape index (κ3) is 6.87. The molecule has 0 bridgehead atoms. The molecule has 2 amide bonds. The number of halogens is 3. The van der Waals surface area contributed by atoms with Gasteiger partial charge in [0, 0.05) is 72.7 Å². The van der Waals surface area contributed by atoms with Crippen LogP contribution < -0.4 is 15.0 Å². The number of carbonyl (C=O) groups excluding carboxylic acids is 2. The Balaban J connectivity index is 1.12. The van der Waals surface area contributed by atoms with E-state index in [0.717, 1.165) is 18.2 Å². The summed E-state index contributed by atoms with van der Waals surface area (Å²) >= 11 is 8.00. The van der Waals surface area contributed by atoms with Crippen LogP contribution in [0.1, 0.15) is 27.0 Å². The van der Waals surface area contributed by atoms with Gasteiger partial charge in [-0.15, -0.1) is 11.3 Å². The molecule has 262 valence electrons. The number of benzene rings is 3. The molecule has 4 aromatic rings. The van der Waals surface area contributed by atoms with E-state index in [4.69, 9.17) is 31.2 Å². The lowest BCUT2D eigenvalue weighted by molar-refractivity contribution is -0.136. The molecule has 4 heterocycles. The highest BCUT2D eigenvalue weighted by molar-refractivity contribution is 7.11. The van der Waals surface area contributed by atoms with E-state index in [1.807, 2.05) is 17.5 Å². The van der Waals surface area contributed by atoms with Gasteiger partial charge in [-0.1, -0.05) is 29.8 Å². The highest BCUT2D eigenvalue weighted by atomic mass is 35.5. The number of piperazine rings is 1. The van der Waals surface area contributed by atoms with Gasteiger partial charge in [0.1, 0.15) is 17.6 Å². The van der Waals surface area contributed by atoms with Crippen molar-refractivity contribution in [3.8, 4) is 11.5 Å². The molecule has 7 rings (SSSR count). The third-order valence-corrected chi connectivity index (χ3v) is 9.88. The number of methoxy groups -OCH3 is 1. The maximum absolute atomic E-state index is 14.8. The molecule has 2 fully saturated rings. The minimum absolute atomic E-state index is 0.0669. The number of fused-ring (bicyclic) bond motifs is 1. The minimum atomic E-state index is -1.30. The average Bonchev–Trinajstić information content (AvgIpc) is 3.77. The van der Waals surface area contributed by atoms with Crippen LogP contribution in [0.3, 0.4) is 0 Å². The molecule has 2 N–H and O–H groups in total. The fourth-order valence-electron chi connectivity index (χ4n) is 6.40. The number of thiazole rings is 1. The molecule has 1 aromatic heterocycles. The zero-order valence-electron chi connectivity index (χ0n) is 26.9. The van der Waals surface area contributed by atoms with Crippen molar-refractivity contribution >= 4 is 52.4 Å². The number of ether oxygens (including phenoxy) is 2. The van der Waals surface area contributed by atoms with Gasteiger partial charge < -0.3 is 24.8 Å². The van der Waals surface area contributed by atoms with Crippen molar-refractivity contribution in [2.45, 2.75) is 12.1 Å². The first kappa shape index (κ1) is 34.1. The number of carbonyl (C=O) groups is 3. The topological polar surface area (TPSA) is 137 Å². The number of aromatic nitrogens is 1. The fourth-order valence-corrected chi connectivity index (χ4v) is 7.23. The molecule has 0 spiro atoms. The van der Waals surface area contributed by atoms with E-state index in [1.165, 1.54) is 41.5 Å². The van der Waals surface area contributed by atoms with Crippen LogP contribution in [0.15, 0.2) is 88.5 Å². The van der Waals surface area contributed by atoms with Crippen LogP contribution in [-0.2, 0) is 9.53 Å². The molecule has 0 saturated carbocycles. The van der Waals surface area contributed by atoms with Crippen LogP contribution in [0.25, 0.3) is 0 Å². The second-order valence-electron chi connectivity index (χ2n) is 11.9. The Bertz CT molecular complexity index is 2100. The Morgan fingerprint density at radius 2 is 1.92 bits per heavy atom. The number of amidine groups is 1. The monoisotopic (exact) mass is 734 g/mol. The van der Waals surface area contributed by atoms with Crippen LogP contribution in [0.2, 0.25) is 5.02 Å². The van der Waals surface area contributed by atoms with Crippen molar-refractivity contribution in [2.75, 3.05) is 44.7 Å². The molecule has 2 saturated heterocycles. The van der Waals surface area contributed by atoms with Crippen LogP contribution in [0.4, 0.5) is 19.3 Å². The number of carboxylic acid groups (broad SMARTS) is 1. The Labute approximate surface area is 299 Å². The first-order chi connectivity index (χ1) is 24.6. The zero-order valence-corrected chi connectivity index (χ0v) is 28.5. The van der Waals surface area contributed by atoms with Gasteiger partial charge in [-0.2, -0.15) is 0 Å². The number of nitrogens with one attached hydrogen (secondary N) is 1. The summed E-state index contributed by atoms with van der Waals surface area (Å²) in [6, 6.07) is 12.6. The number of nitrogens with zero attached hydrogens (tertiary/aromatic N) is 5. The number of aromatic carboxylic acids is 1. The molecule has 2 unspecified atom stereocenters. The van der Waals surface area contributed by atoms with Crippen molar-refractivity contribution < 1.29 is 37.7 Å². The SMILES string of the molecule is COC(=O)C1=C(CN2CCN3C(=O)N(c4cc(F)cc(Oc5ccc(C(=O)O)cc5F)c4)CC3C2)NC(c2nccs2)=NC1c1ccccc1Cl. The average molecular weight is 735 g/mol. The molecule has 0 aliphatic carbocycles. The number of hydrogen-bond donors (Lipinski definition) is 2. The van der Waals surface area contributed by atoms with E-state index in [2.05, 4.69) is 15.2 Å². The number of urea groups is 1. The van der Waals surface area contributed by atoms with E-state index >= 15 is 0 Å². The number of hydrogen-bond acceptors (Lipinski definition) is 10. The summed E-state index contributed by atoms with van der Waals surface area (Å²) in [5, 5.41) is 15.3. The van der Waals surface area contributed by atoms with Gasteiger partial charge in [-0.25, -0.2) is 28.1 Å². The van der Waals surface area contributed by atoms with E-state index in [-0.39, 0.29) is 41.4 Å². The molecule has 2 atom stereocenters. The summed E-state index contributed by atoms with van der Waals surface area (Å²) in [4.78, 5) is 52.7. The number of amides is 2. The standard InChI is InChI=1S/C35H29ClF2N6O6S/c1-49-34(47)29-27(40-31(32-39-8-11-51-32)41-30(29)24-4-2-3-5-25(24)36)18-42-9-10-43-22(16-42)17-44(35(43)48)21-13-20(37)14-23(15-21)50-28-7-6-19(33(45)46)12-26(28)38/h2-8,11-15,22,30H,9-10,16-18H2,1H3,(H,40,41)(H,45,46). The highest BCUT2D eigenvalue weighted by Gasteiger charge is 2.42. The van der Waals surface area contributed by atoms with E-state index in [0.29, 0.717) is 58.9 Å². The summed E-state index contributed by atoms with van der Waals surface area (Å²) in [6.45, 7) is 1.78. The quantitative estimate of drug-likeness (QED) is 0.207. The Hall–Kier alpha value is -5.38. The first-order valence-electron chi connectivity index (χ1n) is 15.7. The van der Waals surface area contributed by atoms with Crippen LogP contribution in [0, 0.1) is 11.6 Å². The molecular weight excluding hydrogens is 706 g/mol. The van der Waals surface area contributed by atoms with Gasteiger partial charge in [-0.05, 0) is 30.3 Å². The summed E-state index contributed by atoms with van der Waals surface area (Å²) in [6.07, 6.45) is 1.67. The molecule has 51 heavy (non-hydrogen) atoms. The second-order valence-corrected chi connectivity index (χ2v) is 13.2.